The van der Waals surface area contributed by atoms with Gasteiger partial charge in [0.05, 0.1) is 11.4 Å². The zero-order valence-corrected chi connectivity index (χ0v) is 16.8. The number of nitrogens with zero attached hydrogens (tertiary/aromatic N) is 3. The van der Waals surface area contributed by atoms with Gasteiger partial charge in [-0.2, -0.15) is 4.31 Å². The lowest BCUT2D eigenvalue weighted by molar-refractivity contribution is 0.222. The van der Waals surface area contributed by atoms with Crippen molar-refractivity contribution in [2.24, 2.45) is 4.99 Å². The maximum absolute atomic E-state index is 13.1. The van der Waals surface area contributed by atoms with Gasteiger partial charge in [-0.25, -0.2) is 13.4 Å². The average Bonchev–Trinajstić information content (AvgIpc) is 2.64. The third kappa shape index (κ3) is 5.43. The number of sulfonamides is 1. The highest BCUT2D eigenvalue weighted by molar-refractivity contribution is 7.89. The minimum absolute atomic E-state index is 0.322. The molecule has 0 aliphatic carbocycles. The average molecular weight is 382 g/mol. The molecule has 2 rings (SSSR count). The van der Waals surface area contributed by atoms with Crippen molar-refractivity contribution in [2.45, 2.75) is 31.7 Å². The van der Waals surface area contributed by atoms with Crippen LogP contribution >= 0.6 is 0 Å². The second kappa shape index (κ2) is 9.89. The van der Waals surface area contributed by atoms with Crippen LogP contribution in [0.15, 0.2) is 34.2 Å². The second-order valence-corrected chi connectivity index (χ2v) is 8.34. The highest BCUT2D eigenvalue weighted by atomic mass is 32.2. The summed E-state index contributed by atoms with van der Waals surface area (Å²) in [6, 6.07) is 7.16. The van der Waals surface area contributed by atoms with Gasteiger partial charge in [0.15, 0.2) is 5.96 Å². The SMILES string of the molecule is CCCNC(=NCc1ccccc1S(=O)(=O)N1CCN(C)CC1)NCC. The number of guanidine groups is 1. The van der Waals surface area contributed by atoms with Gasteiger partial charge in [-0.05, 0) is 32.0 Å². The highest BCUT2D eigenvalue weighted by Gasteiger charge is 2.29. The van der Waals surface area contributed by atoms with Crippen molar-refractivity contribution < 1.29 is 8.42 Å². The number of piperazine rings is 1. The third-order valence-corrected chi connectivity index (χ3v) is 6.35. The van der Waals surface area contributed by atoms with E-state index in [0.29, 0.717) is 30.5 Å². The van der Waals surface area contributed by atoms with Crippen LogP contribution in [0.3, 0.4) is 0 Å². The molecule has 2 N–H and O–H groups in total. The normalized spacial score (nSPS) is 17.3. The Hall–Kier alpha value is -1.64. The first-order chi connectivity index (χ1) is 12.5. The number of likely N-dealkylation sites (N-methyl/N-ethyl adjacent to an activating group) is 1. The van der Waals surface area contributed by atoms with E-state index in [-0.39, 0.29) is 0 Å². The van der Waals surface area contributed by atoms with Crippen molar-refractivity contribution in [3.63, 3.8) is 0 Å². The van der Waals surface area contributed by atoms with Gasteiger partial charge in [-0.15, -0.1) is 0 Å². The van der Waals surface area contributed by atoms with Crippen molar-refractivity contribution in [3.8, 4) is 0 Å². The summed E-state index contributed by atoms with van der Waals surface area (Å²) >= 11 is 0. The summed E-state index contributed by atoms with van der Waals surface area (Å²) in [7, 11) is -1.48. The molecule has 1 fully saturated rings. The molecule has 0 radical (unpaired) electrons. The molecule has 0 atom stereocenters. The Bertz CT molecular complexity index is 697. The maximum atomic E-state index is 13.1. The van der Waals surface area contributed by atoms with Crippen LogP contribution in [-0.4, -0.2) is 69.9 Å². The van der Waals surface area contributed by atoms with E-state index in [1.165, 1.54) is 0 Å². The van der Waals surface area contributed by atoms with Crippen LogP contribution in [0.1, 0.15) is 25.8 Å². The number of aliphatic imine (C=N–C) groups is 1. The molecule has 26 heavy (non-hydrogen) atoms. The summed E-state index contributed by atoms with van der Waals surface area (Å²) in [4.78, 5) is 7.06. The third-order valence-electron chi connectivity index (χ3n) is 4.35. The molecular formula is C18H31N5O2S. The summed E-state index contributed by atoms with van der Waals surface area (Å²) in [6.45, 7) is 8.57. The van der Waals surface area contributed by atoms with Gasteiger partial charge >= 0.3 is 0 Å². The van der Waals surface area contributed by atoms with Crippen molar-refractivity contribution in [2.75, 3.05) is 46.3 Å². The van der Waals surface area contributed by atoms with E-state index in [1.54, 1.807) is 16.4 Å². The Morgan fingerprint density at radius 3 is 2.46 bits per heavy atom. The van der Waals surface area contributed by atoms with Gasteiger partial charge in [0.1, 0.15) is 0 Å². The molecule has 0 unspecified atom stereocenters. The number of hydrogen-bond acceptors (Lipinski definition) is 4. The molecule has 0 saturated carbocycles. The molecule has 0 spiro atoms. The van der Waals surface area contributed by atoms with Crippen LogP contribution in [0, 0.1) is 0 Å². The lowest BCUT2D eigenvalue weighted by atomic mass is 10.2. The molecule has 146 valence electrons. The van der Waals surface area contributed by atoms with Gasteiger partial charge in [-0.1, -0.05) is 25.1 Å². The van der Waals surface area contributed by atoms with Crippen LogP contribution in [0.5, 0.6) is 0 Å². The highest BCUT2D eigenvalue weighted by Crippen LogP contribution is 2.22. The zero-order chi connectivity index (χ0) is 19.0. The lowest BCUT2D eigenvalue weighted by Crippen LogP contribution is -2.47. The van der Waals surface area contributed by atoms with Crippen LogP contribution in [-0.2, 0) is 16.6 Å². The molecule has 0 aromatic heterocycles. The number of nitrogens with one attached hydrogen (secondary N) is 2. The van der Waals surface area contributed by atoms with E-state index >= 15 is 0 Å². The smallest absolute Gasteiger partial charge is 0.243 e. The molecule has 7 nitrogen and oxygen atoms in total. The summed E-state index contributed by atoms with van der Waals surface area (Å²) in [5.74, 6) is 0.709. The van der Waals surface area contributed by atoms with E-state index in [2.05, 4.69) is 27.4 Å². The summed E-state index contributed by atoms with van der Waals surface area (Å²) in [5, 5.41) is 6.43. The Balaban J connectivity index is 2.21. The number of benzene rings is 1. The van der Waals surface area contributed by atoms with E-state index < -0.39 is 10.0 Å². The molecule has 8 heteroatoms. The Kier molecular flexibility index (Phi) is 7.86. The van der Waals surface area contributed by atoms with Gasteiger partial charge < -0.3 is 15.5 Å². The quantitative estimate of drug-likeness (QED) is 0.546. The predicted octanol–water partition coefficient (Wildman–Crippen LogP) is 1.09. The predicted molar refractivity (Wildman–Crippen MR) is 106 cm³/mol. The van der Waals surface area contributed by atoms with Crippen molar-refractivity contribution in [1.29, 1.82) is 0 Å². The molecule has 0 bridgehead atoms. The number of rotatable bonds is 7. The van der Waals surface area contributed by atoms with E-state index in [0.717, 1.165) is 38.2 Å². The largest absolute Gasteiger partial charge is 0.357 e. The van der Waals surface area contributed by atoms with Gasteiger partial charge in [0, 0.05) is 39.3 Å². The van der Waals surface area contributed by atoms with E-state index in [9.17, 15) is 8.42 Å². The molecule has 1 aliphatic rings. The maximum Gasteiger partial charge on any atom is 0.243 e. The molecule has 1 saturated heterocycles. The minimum atomic E-state index is -3.50. The van der Waals surface area contributed by atoms with Crippen LogP contribution < -0.4 is 10.6 Å². The second-order valence-electron chi connectivity index (χ2n) is 6.44. The van der Waals surface area contributed by atoms with Crippen molar-refractivity contribution >= 4 is 16.0 Å². The van der Waals surface area contributed by atoms with Crippen LogP contribution in [0.2, 0.25) is 0 Å². The van der Waals surface area contributed by atoms with Crippen LogP contribution in [0.25, 0.3) is 0 Å². The first-order valence-electron chi connectivity index (χ1n) is 9.27. The lowest BCUT2D eigenvalue weighted by Gasteiger charge is -2.32. The summed E-state index contributed by atoms with van der Waals surface area (Å²) in [5.41, 5.74) is 0.722. The topological polar surface area (TPSA) is 77.0 Å². The first kappa shape index (κ1) is 20.7. The van der Waals surface area contributed by atoms with Gasteiger partial charge in [0.25, 0.3) is 0 Å². The van der Waals surface area contributed by atoms with E-state index in [1.807, 2.05) is 26.1 Å². The fourth-order valence-corrected chi connectivity index (χ4v) is 4.44. The van der Waals surface area contributed by atoms with Gasteiger partial charge in [-0.3, -0.25) is 0 Å². The van der Waals surface area contributed by atoms with E-state index in [4.69, 9.17) is 0 Å². The molecule has 0 amide bonds. The monoisotopic (exact) mass is 381 g/mol. The van der Waals surface area contributed by atoms with Crippen molar-refractivity contribution in [3.05, 3.63) is 29.8 Å². The molecule has 1 heterocycles. The first-order valence-corrected chi connectivity index (χ1v) is 10.7. The molecule has 1 aromatic carbocycles. The van der Waals surface area contributed by atoms with Crippen LogP contribution in [0.4, 0.5) is 0 Å². The Labute approximate surface area is 157 Å². The zero-order valence-electron chi connectivity index (χ0n) is 16.0. The van der Waals surface area contributed by atoms with Gasteiger partial charge in [0.2, 0.25) is 10.0 Å². The summed E-state index contributed by atoms with van der Waals surface area (Å²) in [6.07, 6.45) is 0.999. The molecular weight excluding hydrogens is 350 g/mol. The Morgan fingerprint density at radius 1 is 1.12 bits per heavy atom. The van der Waals surface area contributed by atoms with Crippen molar-refractivity contribution in [1.82, 2.24) is 19.8 Å². The fourth-order valence-electron chi connectivity index (χ4n) is 2.80. The standard InChI is InChI=1S/C18H31N5O2S/c1-4-10-20-18(19-5-2)21-15-16-8-6-7-9-17(16)26(24,25)23-13-11-22(3)12-14-23/h6-9H,4-5,10-15H2,1-3H3,(H2,19,20,21). The Morgan fingerprint density at radius 2 is 1.81 bits per heavy atom. The molecule has 1 aliphatic heterocycles. The molecule has 1 aromatic rings. The summed E-state index contributed by atoms with van der Waals surface area (Å²) < 4.78 is 27.7. The number of hydrogen-bond donors (Lipinski definition) is 2. The minimum Gasteiger partial charge on any atom is -0.357 e. The fraction of sp³-hybridized carbons (Fsp3) is 0.611.